The van der Waals surface area contributed by atoms with E-state index in [0.29, 0.717) is 18.6 Å². The molecule has 3 aromatic carbocycles. The number of rotatable bonds is 6. The minimum atomic E-state index is -1.15. The summed E-state index contributed by atoms with van der Waals surface area (Å²) in [5, 5.41) is 14.5. The molecule has 1 aliphatic heterocycles. The van der Waals surface area contributed by atoms with Gasteiger partial charge in [0.1, 0.15) is 12.1 Å². The van der Waals surface area contributed by atoms with Crippen molar-refractivity contribution in [3.8, 4) is 22.3 Å². The molecule has 1 N–H and O–H groups in total. The lowest BCUT2D eigenvalue weighted by molar-refractivity contribution is -0.160. The zero-order chi connectivity index (χ0) is 31.3. The largest absolute Gasteiger partial charge is 0.497 e. The summed E-state index contributed by atoms with van der Waals surface area (Å²) in [7, 11) is 0. The number of aryl methyl sites for hydroxylation is 1. The molecule has 7 heteroatoms. The predicted octanol–water partition coefficient (Wildman–Crippen LogP) is 6.28. The molecule has 45 heavy (non-hydrogen) atoms. The predicted molar refractivity (Wildman–Crippen MR) is 175 cm³/mol. The van der Waals surface area contributed by atoms with Crippen LogP contribution in [0.25, 0.3) is 44.4 Å². The fourth-order valence-electron chi connectivity index (χ4n) is 6.70. The number of aliphatic carboxylic acids is 1. The average molecular weight is 598 g/mol. The number of hydrogen-bond acceptors (Lipinski definition) is 6. The molecule has 7 rings (SSSR count). The molecule has 0 spiro atoms. The third kappa shape index (κ3) is 5.38. The smallest absolute Gasteiger partial charge is 0.337 e. The maximum Gasteiger partial charge on any atom is 0.337 e. The standard InChI is InChI=1S/C38H35N3O4/c1-22-17-27-18-26(23-5-7-24(8-6-23)28-19-39-21-40-20-28)9-10-29(27)34(32(22)36(37(42)43)45-38(2,3)4)30-11-12-31-33-25(14-16-44-31)13-15-41-35(30)33/h5-10,13,15,17-21,36H,11-12,14,16H2,1-4H3,(H,42,43). The Hall–Kier alpha value is -4.88. The first-order valence-corrected chi connectivity index (χ1v) is 15.3. The second-order valence-corrected chi connectivity index (χ2v) is 12.8. The molecule has 1 aliphatic carbocycles. The summed E-state index contributed by atoms with van der Waals surface area (Å²) in [5.41, 5.74) is 8.22. The monoisotopic (exact) mass is 597 g/mol. The molecule has 1 atom stereocenters. The Morgan fingerprint density at radius 1 is 0.911 bits per heavy atom. The van der Waals surface area contributed by atoms with Crippen molar-refractivity contribution in [3.63, 3.8) is 0 Å². The molecule has 7 nitrogen and oxygen atoms in total. The van der Waals surface area contributed by atoms with Gasteiger partial charge in [0.2, 0.25) is 0 Å². The van der Waals surface area contributed by atoms with Crippen LogP contribution >= 0.6 is 0 Å². The van der Waals surface area contributed by atoms with Gasteiger partial charge in [-0.05, 0) is 96.0 Å². The average Bonchev–Trinajstić information content (AvgIpc) is 3.03. The highest BCUT2D eigenvalue weighted by Gasteiger charge is 2.33. The lowest BCUT2D eigenvalue weighted by Gasteiger charge is -2.30. The van der Waals surface area contributed by atoms with Crippen molar-refractivity contribution in [1.29, 1.82) is 0 Å². The van der Waals surface area contributed by atoms with Gasteiger partial charge in [-0.2, -0.15) is 0 Å². The summed E-state index contributed by atoms with van der Waals surface area (Å²) < 4.78 is 12.4. The Bertz CT molecular complexity index is 2080. The summed E-state index contributed by atoms with van der Waals surface area (Å²) in [6, 6.07) is 19.0. The first-order valence-electron chi connectivity index (χ1n) is 15.3. The lowest BCUT2D eigenvalue weighted by Crippen LogP contribution is -2.41. The van der Waals surface area contributed by atoms with Crippen molar-refractivity contribution in [2.24, 2.45) is 0 Å². The highest BCUT2D eigenvalue weighted by molar-refractivity contribution is 6.00. The van der Waals surface area contributed by atoms with Crippen LogP contribution in [0.5, 0.6) is 0 Å². The molecule has 1 unspecified atom stereocenters. The van der Waals surface area contributed by atoms with Crippen molar-refractivity contribution in [3.05, 3.63) is 112 Å². The summed E-state index contributed by atoms with van der Waals surface area (Å²) >= 11 is 0. The van der Waals surface area contributed by atoms with E-state index in [9.17, 15) is 9.90 Å². The number of nitrogens with zero attached hydrogens (tertiary/aromatic N) is 3. The number of fused-ring (bicyclic) bond motifs is 1. The van der Waals surface area contributed by atoms with Gasteiger partial charge in [-0.15, -0.1) is 0 Å². The topological polar surface area (TPSA) is 94.4 Å². The van der Waals surface area contributed by atoms with Gasteiger partial charge >= 0.3 is 5.97 Å². The Kier molecular flexibility index (Phi) is 7.21. The van der Waals surface area contributed by atoms with Crippen molar-refractivity contribution in [2.45, 2.75) is 58.7 Å². The number of carboxylic acids is 1. The molecule has 0 bridgehead atoms. The second-order valence-electron chi connectivity index (χ2n) is 12.8. The normalized spacial score (nSPS) is 15.0. The number of pyridine rings is 1. The van der Waals surface area contributed by atoms with Gasteiger partial charge in [0, 0.05) is 47.8 Å². The molecule has 0 saturated carbocycles. The van der Waals surface area contributed by atoms with E-state index in [2.05, 4.69) is 64.6 Å². The quantitative estimate of drug-likeness (QED) is 0.246. The van der Waals surface area contributed by atoms with Crippen LogP contribution in [0, 0.1) is 6.92 Å². The zero-order valence-electron chi connectivity index (χ0n) is 25.9. The van der Waals surface area contributed by atoms with Gasteiger partial charge in [-0.25, -0.2) is 14.8 Å². The minimum Gasteiger partial charge on any atom is -0.497 e. The van der Waals surface area contributed by atoms with E-state index in [0.717, 1.165) is 78.9 Å². The minimum absolute atomic E-state index is 0.667. The number of ether oxygens (including phenoxy) is 2. The number of benzene rings is 3. The van der Waals surface area contributed by atoms with E-state index in [-0.39, 0.29) is 0 Å². The van der Waals surface area contributed by atoms with E-state index in [4.69, 9.17) is 14.5 Å². The second kappa shape index (κ2) is 11.2. The van der Waals surface area contributed by atoms with Crippen LogP contribution in [0.2, 0.25) is 0 Å². The maximum absolute atomic E-state index is 12.9. The van der Waals surface area contributed by atoms with Crippen molar-refractivity contribution >= 4 is 28.1 Å². The molecule has 0 fully saturated rings. The highest BCUT2D eigenvalue weighted by atomic mass is 16.5. The van der Waals surface area contributed by atoms with Gasteiger partial charge in [-0.3, -0.25) is 4.98 Å². The number of hydrogen-bond donors (Lipinski definition) is 1. The first kappa shape index (κ1) is 28.9. The molecule has 0 amide bonds. The van der Waals surface area contributed by atoms with E-state index < -0.39 is 17.7 Å². The molecule has 3 heterocycles. The molecular formula is C38H35N3O4. The van der Waals surface area contributed by atoms with Crippen LogP contribution < -0.4 is 10.6 Å². The molecular weight excluding hydrogens is 562 g/mol. The number of carbonyl (C=O) groups is 1. The summed E-state index contributed by atoms with van der Waals surface area (Å²) in [6.45, 7) is 8.33. The van der Waals surface area contributed by atoms with Gasteiger partial charge < -0.3 is 14.6 Å². The van der Waals surface area contributed by atoms with Crippen LogP contribution in [0.4, 0.5) is 0 Å². The van der Waals surface area contributed by atoms with E-state index >= 15 is 0 Å². The maximum atomic E-state index is 12.9. The van der Waals surface area contributed by atoms with Gasteiger partial charge in [0.25, 0.3) is 0 Å². The Morgan fingerprint density at radius 2 is 1.62 bits per heavy atom. The molecule has 2 aliphatic rings. The summed E-state index contributed by atoms with van der Waals surface area (Å²) in [6.07, 6.45) is 8.12. The molecule has 0 saturated heterocycles. The Labute approximate surface area is 261 Å². The van der Waals surface area contributed by atoms with Crippen LogP contribution in [-0.2, 0) is 20.7 Å². The fraction of sp³-hybridized carbons (Fsp3) is 0.263. The van der Waals surface area contributed by atoms with Crippen LogP contribution in [0.1, 0.15) is 62.0 Å². The van der Waals surface area contributed by atoms with Crippen molar-refractivity contribution in [1.82, 2.24) is 15.0 Å². The summed E-state index contributed by atoms with van der Waals surface area (Å²) in [4.78, 5) is 26.1. The van der Waals surface area contributed by atoms with E-state index in [1.807, 2.05) is 46.3 Å². The Balaban J connectivity index is 1.47. The SMILES string of the molecule is Cc1cc2cc(-c3ccc(-c4cncnc4)cc3)ccc2c(C2=c3nccc4c3=C(CC2)OCC4)c1C(OC(C)(C)C)C(=O)O. The van der Waals surface area contributed by atoms with Gasteiger partial charge in [0.05, 0.1) is 17.6 Å². The van der Waals surface area contributed by atoms with Crippen LogP contribution in [0.15, 0.2) is 79.5 Å². The third-order valence-electron chi connectivity index (χ3n) is 8.61. The molecule has 0 radical (unpaired) electrons. The molecule has 226 valence electrons. The third-order valence-corrected chi connectivity index (χ3v) is 8.61. The van der Waals surface area contributed by atoms with Crippen LogP contribution in [-0.4, -0.2) is 38.2 Å². The lowest BCUT2D eigenvalue weighted by atomic mass is 9.82. The first-order chi connectivity index (χ1) is 21.7. The Morgan fingerprint density at radius 3 is 2.33 bits per heavy atom. The van der Waals surface area contributed by atoms with E-state index in [1.165, 1.54) is 11.9 Å². The zero-order valence-corrected chi connectivity index (χ0v) is 25.9. The number of aromatic nitrogens is 3. The fourth-order valence-corrected chi connectivity index (χ4v) is 6.70. The van der Waals surface area contributed by atoms with Crippen LogP contribution in [0.3, 0.4) is 0 Å². The van der Waals surface area contributed by atoms with Crippen molar-refractivity contribution < 1.29 is 19.4 Å². The summed E-state index contributed by atoms with van der Waals surface area (Å²) in [5.74, 6) is -0.0284. The van der Waals surface area contributed by atoms with Gasteiger partial charge in [0.15, 0.2) is 6.10 Å². The van der Waals surface area contributed by atoms with E-state index in [1.54, 1.807) is 0 Å². The molecule has 5 aromatic rings. The molecule has 2 aromatic heterocycles. The van der Waals surface area contributed by atoms with Crippen molar-refractivity contribution in [2.75, 3.05) is 6.61 Å². The number of carboxylic acid groups (broad SMARTS) is 1. The van der Waals surface area contributed by atoms with Gasteiger partial charge in [-0.1, -0.05) is 42.5 Å². The highest BCUT2D eigenvalue weighted by Crippen LogP contribution is 2.41.